The summed E-state index contributed by atoms with van der Waals surface area (Å²) in [5.74, 6) is -0.254. The highest BCUT2D eigenvalue weighted by molar-refractivity contribution is 5.76. The third kappa shape index (κ3) is 3.46. The first-order chi connectivity index (χ1) is 13.9. The van der Waals surface area contributed by atoms with Gasteiger partial charge in [0.1, 0.15) is 6.10 Å². The number of allylic oxidation sites excluding steroid dienone is 1. The van der Waals surface area contributed by atoms with Crippen LogP contribution in [0, 0.1) is 23.2 Å². The monoisotopic (exact) mass is 406 g/mol. The SMILES string of the molecule is CCOC(=O)N1CCN(C[C@H]2C(=O)O[C@@H]3CC4=CCC[C@@H](C)[C@@]4(C)[C@H](O)[C@@H]32)CC1. The number of carbonyl (C=O) groups is 2. The van der Waals surface area contributed by atoms with Gasteiger partial charge < -0.3 is 19.5 Å². The molecular formula is C22H34N2O5. The molecule has 2 saturated heterocycles. The Labute approximate surface area is 173 Å². The van der Waals surface area contributed by atoms with E-state index in [2.05, 4.69) is 24.8 Å². The smallest absolute Gasteiger partial charge is 0.409 e. The standard InChI is InChI=1S/C22H34N2O5/c1-4-28-21(27)24-10-8-23(9-11-24)13-16-18-17(29-20(16)26)12-15-7-5-6-14(2)22(15,3)19(18)25/h7,14,16-19,25H,4-6,8-13H2,1-3H3/t14-,16-,17-,18-,19-,22-/m1/s1. The third-order valence-electron chi connectivity index (χ3n) is 7.92. The maximum absolute atomic E-state index is 12.7. The van der Waals surface area contributed by atoms with Gasteiger partial charge in [-0.15, -0.1) is 0 Å². The largest absolute Gasteiger partial charge is 0.461 e. The lowest BCUT2D eigenvalue weighted by molar-refractivity contribution is -0.145. The van der Waals surface area contributed by atoms with Gasteiger partial charge in [0.25, 0.3) is 0 Å². The Hall–Kier alpha value is -1.60. The Kier molecular flexibility index (Phi) is 5.64. The van der Waals surface area contributed by atoms with Crippen LogP contribution in [0.4, 0.5) is 4.79 Å². The van der Waals surface area contributed by atoms with Crippen molar-refractivity contribution in [2.24, 2.45) is 23.2 Å². The number of hydrogen-bond acceptors (Lipinski definition) is 6. The summed E-state index contributed by atoms with van der Waals surface area (Å²) in [5, 5.41) is 11.4. The van der Waals surface area contributed by atoms with Crippen LogP contribution in [-0.2, 0) is 14.3 Å². The van der Waals surface area contributed by atoms with Gasteiger partial charge in [0.15, 0.2) is 0 Å². The van der Waals surface area contributed by atoms with Gasteiger partial charge >= 0.3 is 12.1 Å². The number of aliphatic hydroxyl groups is 1. The molecule has 1 saturated carbocycles. The number of aliphatic hydroxyl groups excluding tert-OH is 1. The van der Waals surface area contributed by atoms with Gasteiger partial charge in [0.05, 0.1) is 18.6 Å². The summed E-state index contributed by atoms with van der Waals surface area (Å²) < 4.78 is 10.8. The van der Waals surface area contributed by atoms with Crippen LogP contribution in [0.3, 0.4) is 0 Å². The van der Waals surface area contributed by atoms with Crippen LogP contribution in [0.25, 0.3) is 0 Å². The van der Waals surface area contributed by atoms with Crippen molar-refractivity contribution < 1.29 is 24.2 Å². The summed E-state index contributed by atoms with van der Waals surface area (Å²) in [7, 11) is 0. The predicted octanol–water partition coefficient (Wildman–Crippen LogP) is 2.05. The Morgan fingerprint density at radius 1 is 1.34 bits per heavy atom. The molecule has 3 fully saturated rings. The van der Waals surface area contributed by atoms with Crippen LogP contribution in [0.5, 0.6) is 0 Å². The van der Waals surface area contributed by atoms with Crippen molar-refractivity contribution in [3.05, 3.63) is 11.6 Å². The van der Waals surface area contributed by atoms with Gasteiger partial charge in [-0.2, -0.15) is 0 Å². The molecule has 7 nitrogen and oxygen atoms in total. The Morgan fingerprint density at radius 3 is 2.76 bits per heavy atom. The molecule has 0 bridgehead atoms. The van der Waals surface area contributed by atoms with Gasteiger partial charge in [0, 0.05) is 50.5 Å². The molecule has 0 unspecified atom stereocenters. The van der Waals surface area contributed by atoms with Gasteiger partial charge in [-0.1, -0.05) is 25.5 Å². The second-order valence-electron chi connectivity index (χ2n) is 9.29. The highest BCUT2D eigenvalue weighted by Gasteiger charge is 2.59. The van der Waals surface area contributed by atoms with Crippen LogP contribution in [-0.4, -0.2) is 78.5 Å². The van der Waals surface area contributed by atoms with E-state index in [0.717, 1.165) is 19.3 Å². The molecule has 4 aliphatic rings. The molecule has 2 aliphatic heterocycles. The Morgan fingerprint density at radius 2 is 2.07 bits per heavy atom. The highest BCUT2D eigenvalue weighted by atomic mass is 16.6. The minimum absolute atomic E-state index is 0.159. The van der Waals surface area contributed by atoms with E-state index in [1.54, 1.807) is 11.8 Å². The number of ether oxygens (including phenoxy) is 2. The van der Waals surface area contributed by atoms with Crippen LogP contribution < -0.4 is 0 Å². The molecule has 7 heteroatoms. The first kappa shape index (κ1) is 20.7. The number of carbonyl (C=O) groups excluding carboxylic acids is 2. The molecular weight excluding hydrogens is 372 g/mol. The maximum Gasteiger partial charge on any atom is 0.409 e. The lowest BCUT2D eigenvalue weighted by atomic mass is 9.55. The van der Waals surface area contributed by atoms with Crippen LogP contribution in [0.1, 0.15) is 40.0 Å². The van der Waals surface area contributed by atoms with E-state index in [9.17, 15) is 14.7 Å². The van der Waals surface area contributed by atoms with E-state index in [0.29, 0.717) is 45.2 Å². The summed E-state index contributed by atoms with van der Waals surface area (Å²) in [6, 6.07) is 0. The van der Waals surface area contributed by atoms with Crippen LogP contribution >= 0.6 is 0 Å². The molecule has 6 atom stereocenters. The summed E-state index contributed by atoms with van der Waals surface area (Å²) in [6.45, 7) is 9.75. The lowest BCUT2D eigenvalue weighted by Crippen LogP contribution is -2.56. The zero-order valence-corrected chi connectivity index (χ0v) is 17.8. The molecule has 2 heterocycles. The van der Waals surface area contributed by atoms with Crippen molar-refractivity contribution >= 4 is 12.1 Å². The molecule has 0 radical (unpaired) electrons. The van der Waals surface area contributed by atoms with Crippen LogP contribution in [0.2, 0.25) is 0 Å². The number of amides is 1. The highest BCUT2D eigenvalue weighted by Crippen LogP contribution is 2.56. The van der Waals surface area contributed by atoms with Gasteiger partial charge in [0.2, 0.25) is 0 Å². The van der Waals surface area contributed by atoms with Gasteiger partial charge in [-0.25, -0.2) is 4.79 Å². The lowest BCUT2D eigenvalue weighted by Gasteiger charge is -2.52. The fraction of sp³-hybridized carbons (Fsp3) is 0.818. The second kappa shape index (κ2) is 7.91. The summed E-state index contributed by atoms with van der Waals surface area (Å²) >= 11 is 0. The van der Waals surface area contributed by atoms with E-state index in [-0.39, 0.29) is 35.4 Å². The normalized spacial score (nSPS) is 40.0. The van der Waals surface area contributed by atoms with Gasteiger partial charge in [-0.3, -0.25) is 9.69 Å². The topological polar surface area (TPSA) is 79.3 Å². The minimum atomic E-state index is -0.569. The molecule has 1 N–H and O–H groups in total. The second-order valence-corrected chi connectivity index (χ2v) is 9.29. The van der Waals surface area contributed by atoms with Crippen molar-refractivity contribution in [3.63, 3.8) is 0 Å². The van der Waals surface area contributed by atoms with Crippen LogP contribution in [0.15, 0.2) is 11.6 Å². The van der Waals surface area contributed by atoms with E-state index in [1.807, 2.05) is 0 Å². The van der Waals surface area contributed by atoms with E-state index in [1.165, 1.54) is 5.57 Å². The van der Waals surface area contributed by atoms with E-state index >= 15 is 0 Å². The molecule has 0 aromatic heterocycles. The molecule has 1 amide bonds. The molecule has 29 heavy (non-hydrogen) atoms. The van der Waals surface area contributed by atoms with Crippen molar-refractivity contribution in [1.29, 1.82) is 0 Å². The third-order valence-corrected chi connectivity index (χ3v) is 7.92. The number of esters is 1. The summed E-state index contributed by atoms with van der Waals surface area (Å²) in [4.78, 5) is 28.6. The molecule has 4 rings (SSSR count). The number of nitrogens with zero attached hydrogens (tertiary/aromatic N) is 2. The predicted molar refractivity (Wildman–Crippen MR) is 107 cm³/mol. The number of piperazine rings is 1. The fourth-order valence-corrected chi connectivity index (χ4v) is 5.88. The number of rotatable bonds is 3. The number of fused-ring (bicyclic) bond motifs is 2. The van der Waals surface area contributed by atoms with Crippen molar-refractivity contribution in [2.75, 3.05) is 39.3 Å². The molecule has 2 aliphatic carbocycles. The molecule has 0 spiro atoms. The molecule has 0 aromatic rings. The van der Waals surface area contributed by atoms with E-state index < -0.39 is 6.10 Å². The average molecular weight is 407 g/mol. The van der Waals surface area contributed by atoms with Crippen molar-refractivity contribution in [1.82, 2.24) is 9.80 Å². The van der Waals surface area contributed by atoms with Crippen molar-refractivity contribution in [3.8, 4) is 0 Å². The van der Waals surface area contributed by atoms with Crippen molar-refractivity contribution in [2.45, 2.75) is 52.2 Å². The van der Waals surface area contributed by atoms with Gasteiger partial charge in [-0.05, 0) is 25.7 Å². The molecule has 0 aromatic carbocycles. The quantitative estimate of drug-likeness (QED) is 0.571. The first-order valence-electron chi connectivity index (χ1n) is 11.1. The average Bonchev–Trinajstić information content (AvgIpc) is 3.00. The minimum Gasteiger partial charge on any atom is -0.461 e. The maximum atomic E-state index is 12.7. The Balaban J connectivity index is 1.44. The summed E-state index contributed by atoms with van der Waals surface area (Å²) in [6.07, 6.45) is 4.07. The Bertz CT molecular complexity index is 687. The summed E-state index contributed by atoms with van der Waals surface area (Å²) in [5.41, 5.74) is 0.996. The fourth-order valence-electron chi connectivity index (χ4n) is 5.88. The zero-order valence-electron chi connectivity index (χ0n) is 17.8. The first-order valence-corrected chi connectivity index (χ1v) is 11.1. The molecule has 162 valence electrons. The number of hydrogen-bond donors (Lipinski definition) is 1. The van der Waals surface area contributed by atoms with E-state index in [4.69, 9.17) is 9.47 Å². The zero-order chi connectivity index (χ0) is 20.8.